The van der Waals surface area contributed by atoms with E-state index in [-0.39, 0.29) is 6.61 Å². The van der Waals surface area contributed by atoms with Crippen molar-refractivity contribution in [2.75, 3.05) is 45.9 Å². The summed E-state index contributed by atoms with van der Waals surface area (Å²) >= 11 is 1.85. The zero-order chi connectivity index (χ0) is 11.2. The second-order valence-corrected chi connectivity index (χ2v) is 5.27. The summed E-state index contributed by atoms with van der Waals surface area (Å²) in [5.74, 6) is 0. The van der Waals surface area contributed by atoms with Crippen molar-refractivity contribution in [1.29, 1.82) is 0 Å². The summed E-state index contributed by atoms with van der Waals surface area (Å²) in [4.78, 5) is 6.34. The number of β-amino-alcohol motifs (C(OH)–C–C–N with tert-alkyl or cyclic N) is 1. The monoisotopic (exact) mass is 240 g/mol. The van der Waals surface area contributed by atoms with Gasteiger partial charge in [0.2, 0.25) is 0 Å². The van der Waals surface area contributed by atoms with Crippen LogP contribution in [-0.4, -0.2) is 60.8 Å². The standard InChI is InChI=1S/C12H20N2OS/c15-10-9-14-7-5-13(6-8-14)4-3-12-2-1-11-16-12/h1-2,11,15H,3-10H2. The van der Waals surface area contributed by atoms with Gasteiger partial charge < -0.3 is 10.0 Å². The molecule has 0 unspecified atom stereocenters. The third-order valence-electron chi connectivity index (χ3n) is 3.14. The van der Waals surface area contributed by atoms with E-state index >= 15 is 0 Å². The van der Waals surface area contributed by atoms with Crippen LogP contribution in [-0.2, 0) is 6.42 Å². The van der Waals surface area contributed by atoms with Crippen molar-refractivity contribution >= 4 is 11.3 Å². The Morgan fingerprint density at radius 2 is 1.81 bits per heavy atom. The second-order valence-electron chi connectivity index (χ2n) is 4.24. The quantitative estimate of drug-likeness (QED) is 0.828. The molecule has 0 aliphatic carbocycles. The Morgan fingerprint density at radius 1 is 1.12 bits per heavy atom. The maximum atomic E-state index is 8.86. The number of rotatable bonds is 5. The zero-order valence-electron chi connectivity index (χ0n) is 9.64. The Morgan fingerprint density at radius 3 is 2.38 bits per heavy atom. The van der Waals surface area contributed by atoms with Crippen LogP contribution >= 0.6 is 11.3 Å². The van der Waals surface area contributed by atoms with Crippen molar-refractivity contribution < 1.29 is 5.11 Å². The van der Waals surface area contributed by atoms with E-state index in [1.54, 1.807) is 0 Å². The van der Waals surface area contributed by atoms with Gasteiger partial charge in [-0.1, -0.05) is 6.07 Å². The van der Waals surface area contributed by atoms with E-state index in [1.807, 2.05) is 11.3 Å². The van der Waals surface area contributed by atoms with Gasteiger partial charge in [-0.15, -0.1) is 11.3 Å². The molecule has 16 heavy (non-hydrogen) atoms. The first kappa shape index (κ1) is 12.0. The molecule has 0 bridgehead atoms. The third-order valence-corrected chi connectivity index (χ3v) is 4.07. The molecule has 1 fully saturated rings. The number of hydrogen-bond acceptors (Lipinski definition) is 4. The minimum absolute atomic E-state index is 0.287. The predicted molar refractivity (Wildman–Crippen MR) is 68.0 cm³/mol. The molecule has 1 aromatic rings. The van der Waals surface area contributed by atoms with Gasteiger partial charge in [0.25, 0.3) is 0 Å². The first-order chi connectivity index (χ1) is 7.88. The van der Waals surface area contributed by atoms with Crippen molar-refractivity contribution in [3.05, 3.63) is 22.4 Å². The average molecular weight is 240 g/mol. The number of thiophene rings is 1. The fourth-order valence-electron chi connectivity index (χ4n) is 2.10. The van der Waals surface area contributed by atoms with Gasteiger partial charge in [0.15, 0.2) is 0 Å². The molecule has 1 saturated heterocycles. The molecule has 2 heterocycles. The van der Waals surface area contributed by atoms with E-state index in [4.69, 9.17) is 5.11 Å². The van der Waals surface area contributed by atoms with E-state index in [0.717, 1.165) is 32.7 Å². The summed E-state index contributed by atoms with van der Waals surface area (Å²) in [5.41, 5.74) is 0. The lowest BCUT2D eigenvalue weighted by Crippen LogP contribution is -2.47. The summed E-state index contributed by atoms with van der Waals surface area (Å²) in [6, 6.07) is 4.34. The minimum atomic E-state index is 0.287. The van der Waals surface area contributed by atoms with Crippen LogP contribution in [0.15, 0.2) is 17.5 Å². The van der Waals surface area contributed by atoms with Gasteiger partial charge in [0.1, 0.15) is 0 Å². The van der Waals surface area contributed by atoms with Crippen LogP contribution in [0.25, 0.3) is 0 Å². The first-order valence-corrected chi connectivity index (χ1v) is 6.84. The van der Waals surface area contributed by atoms with E-state index in [9.17, 15) is 0 Å². The van der Waals surface area contributed by atoms with Gasteiger partial charge in [-0.05, 0) is 17.9 Å². The molecule has 2 rings (SSSR count). The number of hydrogen-bond donors (Lipinski definition) is 1. The molecule has 90 valence electrons. The molecule has 1 aliphatic heterocycles. The van der Waals surface area contributed by atoms with Crippen molar-refractivity contribution in [3.63, 3.8) is 0 Å². The molecule has 3 nitrogen and oxygen atoms in total. The van der Waals surface area contributed by atoms with Crippen molar-refractivity contribution in [1.82, 2.24) is 9.80 Å². The average Bonchev–Trinajstić information content (AvgIpc) is 2.82. The van der Waals surface area contributed by atoms with Gasteiger partial charge in [-0.3, -0.25) is 4.90 Å². The van der Waals surface area contributed by atoms with Crippen LogP contribution < -0.4 is 0 Å². The van der Waals surface area contributed by atoms with Crippen LogP contribution in [0.4, 0.5) is 0 Å². The van der Waals surface area contributed by atoms with E-state index in [1.165, 1.54) is 17.8 Å². The Labute approximate surface area is 101 Å². The zero-order valence-corrected chi connectivity index (χ0v) is 10.5. The van der Waals surface area contributed by atoms with Gasteiger partial charge in [-0.2, -0.15) is 0 Å². The Balaban J connectivity index is 1.65. The highest BCUT2D eigenvalue weighted by molar-refractivity contribution is 7.09. The number of aliphatic hydroxyl groups excluding tert-OH is 1. The summed E-state index contributed by atoms with van der Waals surface area (Å²) in [7, 11) is 0. The Kier molecular flexibility index (Phi) is 4.78. The molecule has 0 spiro atoms. The van der Waals surface area contributed by atoms with Crippen LogP contribution in [0.2, 0.25) is 0 Å². The van der Waals surface area contributed by atoms with Crippen molar-refractivity contribution in [3.8, 4) is 0 Å². The van der Waals surface area contributed by atoms with Crippen LogP contribution in [0.1, 0.15) is 4.88 Å². The largest absolute Gasteiger partial charge is 0.395 e. The second kappa shape index (κ2) is 6.35. The van der Waals surface area contributed by atoms with Crippen molar-refractivity contribution in [2.45, 2.75) is 6.42 Å². The molecule has 0 saturated carbocycles. The number of aliphatic hydroxyl groups is 1. The van der Waals surface area contributed by atoms with Crippen molar-refractivity contribution in [2.24, 2.45) is 0 Å². The molecule has 0 radical (unpaired) electrons. The molecule has 4 heteroatoms. The smallest absolute Gasteiger partial charge is 0.0558 e. The molecular formula is C12H20N2OS. The Hall–Kier alpha value is -0.420. The SMILES string of the molecule is OCCN1CCN(CCc2cccs2)CC1. The lowest BCUT2D eigenvalue weighted by molar-refractivity contribution is 0.113. The van der Waals surface area contributed by atoms with Gasteiger partial charge in [0, 0.05) is 44.1 Å². The fraction of sp³-hybridized carbons (Fsp3) is 0.667. The predicted octanol–water partition coefficient (Wildman–Crippen LogP) is 0.900. The molecule has 0 aromatic carbocycles. The topological polar surface area (TPSA) is 26.7 Å². The first-order valence-electron chi connectivity index (χ1n) is 5.96. The highest BCUT2D eigenvalue weighted by atomic mass is 32.1. The van der Waals surface area contributed by atoms with Crippen LogP contribution in [0, 0.1) is 0 Å². The minimum Gasteiger partial charge on any atom is -0.395 e. The molecule has 0 amide bonds. The summed E-state index contributed by atoms with van der Waals surface area (Å²) in [6.07, 6.45) is 1.18. The van der Waals surface area contributed by atoms with E-state index in [2.05, 4.69) is 27.3 Å². The maximum absolute atomic E-state index is 8.86. The molecule has 1 aliphatic rings. The molecule has 1 N–H and O–H groups in total. The highest BCUT2D eigenvalue weighted by Crippen LogP contribution is 2.10. The summed E-state index contributed by atoms with van der Waals surface area (Å²) < 4.78 is 0. The summed E-state index contributed by atoms with van der Waals surface area (Å²) in [5, 5.41) is 11.0. The van der Waals surface area contributed by atoms with Crippen LogP contribution in [0.5, 0.6) is 0 Å². The number of piperazine rings is 1. The molecule has 1 aromatic heterocycles. The van der Waals surface area contributed by atoms with Crippen LogP contribution in [0.3, 0.4) is 0 Å². The van der Waals surface area contributed by atoms with E-state index < -0.39 is 0 Å². The summed E-state index contributed by atoms with van der Waals surface area (Å²) in [6.45, 7) is 6.79. The van der Waals surface area contributed by atoms with Gasteiger partial charge in [0.05, 0.1) is 6.61 Å². The fourth-order valence-corrected chi connectivity index (χ4v) is 2.80. The van der Waals surface area contributed by atoms with Gasteiger partial charge >= 0.3 is 0 Å². The Bertz CT molecular complexity index is 281. The van der Waals surface area contributed by atoms with E-state index in [0.29, 0.717) is 0 Å². The lowest BCUT2D eigenvalue weighted by atomic mass is 10.2. The third kappa shape index (κ3) is 3.56. The normalized spacial score (nSPS) is 19.1. The molecular weight excluding hydrogens is 220 g/mol. The molecule has 0 atom stereocenters. The lowest BCUT2D eigenvalue weighted by Gasteiger charge is -2.34. The van der Waals surface area contributed by atoms with Gasteiger partial charge in [-0.25, -0.2) is 0 Å². The number of nitrogens with zero attached hydrogens (tertiary/aromatic N) is 2. The highest BCUT2D eigenvalue weighted by Gasteiger charge is 2.15. The maximum Gasteiger partial charge on any atom is 0.0558 e.